The fraction of sp³-hybridized carbons (Fsp3) is 0.667. The Balaban J connectivity index is 2.29. The van der Waals surface area contributed by atoms with Gasteiger partial charge in [0.25, 0.3) is 0 Å². The van der Waals surface area contributed by atoms with E-state index in [2.05, 4.69) is 36.9 Å². The summed E-state index contributed by atoms with van der Waals surface area (Å²) >= 11 is 0. The van der Waals surface area contributed by atoms with Crippen molar-refractivity contribution in [2.45, 2.75) is 58.8 Å². The van der Waals surface area contributed by atoms with Crippen molar-refractivity contribution in [2.24, 2.45) is 0 Å². The number of unbranched alkanes of at least 4 members (excludes halogenated alkanes) is 3. The Kier molecular flexibility index (Phi) is 9.14. The van der Waals surface area contributed by atoms with Gasteiger partial charge in [0.15, 0.2) is 0 Å². The van der Waals surface area contributed by atoms with Gasteiger partial charge in [0.05, 0.1) is 0 Å². The molecule has 0 aliphatic heterocycles. The van der Waals surface area contributed by atoms with E-state index in [0.717, 1.165) is 12.1 Å². The van der Waals surface area contributed by atoms with Crippen molar-refractivity contribution >= 4 is 5.69 Å². The molecule has 0 saturated heterocycles. The molecule has 0 aliphatic carbocycles. The van der Waals surface area contributed by atoms with E-state index in [1.165, 1.54) is 63.7 Å². The molecule has 0 radical (unpaired) electrons. The average Bonchev–Trinajstić information content (AvgIpc) is 2.44. The standard InChI is InChI=1S/C18H32N2/c1-3-5-7-14-20(13-6-4-2)15-9-11-17-10-8-12-18(19)16-17/h8,10,12,16H,3-7,9,11,13-15,19H2,1-2H3. The summed E-state index contributed by atoms with van der Waals surface area (Å²) in [6.45, 7) is 8.30. The lowest BCUT2D eigenvalue weighted by Crippen LogP contribution is -2.27. The number of nitrogen functional groups attached to an aromatic ring is 1. The Bertz CT molecular complexity index is 349. The Morgan fingerprint density at radius 1 is 0.900 bits per heavy atom. The van der Waals surface area contributed by atoms with E-state index in [9.17, 15) is 0 Å². The van der Waals surface area contributed by atoms with Crippen LogP contribution in [0.15, 0.2) is 24.3 Å². The van der Waals surface area contributed by atoms with Crippen molar-refractivity contribution in [1.29, 1.82) is 0 Å². The highest BCUT2D eigenvalue weighted by Gasteiger charge is 2.04. The third kappa shape index (κ3) is 7.54. The van der Waals surface area contributed by atoms with Crippen molar-refractivity contribution < 1.29 is 0 Å². The smallest absolute Gasteiger partial charge is 0.0316 e. The summed E-state index contributed by atoms with van der Waals surface area (Å²) < 4.78 is 0. The van der Waals surface area contributed by atoms with Gasteiger partial charge < -0.3 is 10.6 Å². The van der Waals surface area contributed by atoms with Crippen molar-refractivity contribution in [3.05, 3.63) is 29.8 Å². The van der Waals surface area contributed by atoms with Crippen LogP contribution in [-0.2, 0) is 6.42 Å². The Morgan fingerprint density at radius 3 is 2.30 bits per heavy atom. The lowest BCUT2D eigenvalue weighted by Gasteiger charge is -2.22. The van der Waals surface area contributed by atoms with E-state index in [1.54, 1.807) is 0 Å². The quantitative estimate of drug-likeness (QED) is 0.476. The lowest BCUT2D eigenvalue weighted by molar-refractivity contribution is 0.260. The van der Waals surface area contributed by atoms with E-state index < -0.39 is 0 Å². The van der Waals surface area contributed by atoms with E-state index in [1.807, 2.05) is 6.07 Å². The van der Waals surface area contributed by atoms with Crippen molar-refractivity contribution in [1.82, 2.24) is 4.90 Å². The molecule has 1 aromatic carbocycles. The van der Waals surface area contributed by atoms with Crippen LogP contribution in [0.25, 0.3) is 0 Å². The molecule has 2 heteroatoms. The molecule has 0 unspecified atom stereocenters. The van der Waals surface area contributed by atoms with E-state index in [4.69, 9.17) is 5.73 Å². The predicted octanol–water partition coefficient (Wildman–Crippen LogP) is 4.49. The molecule has 1 aromatic rings. The number of hydrogen-bond acceptors (Lipinski definition) is 2. The summed E-state index contributed by atoms with van der Waals surface area (Å²) in [7, 11) is 0. The first kappa shape index (κ1) is 17.0. The van der Waals surface area contributed by atoms with Gasteiger partial charge in [-0.1, -0.05) is 45.2 Å². The zero-order valence-corrected chi connectivity index (χ0v) is 13.4. The highest BCUT2D eigenvalue weighted by atomic mass is 15.1. The number of benzene rings is 1. The molecule has 0 fully saturated rings. The maximum atomic E-state index is 5.83. The molecule has 0 aromatic heterocycles. The molecule has 1 rings (SSSR count). The summed E-state index contributed by atoms with van der Waals surface area (Å²) in [6, 6.07) is 8.31. The molecule has 0 bridgehead atoms. The van der Waals surface area contributed by atoms with Crippen LogP contribution in [0.1, 0.15) is 57.9 Å². The minimum atomic E-state index is 0.883. The molecular formula is C18H32N2. The summed E-state index contributed by atoms with van der Waals surface area (Å²) in [4.78, 5) is 2.64. The molecular weight excluding hydrogens is 244 g/mol. The Hall–Kier alpha value is -1.02. The number of anilines is 1. The third-order valence-corrected chi connectivity index (χ3v) is 3.80. The van der Waals surface area contributed by atoms with E-state index in [-0.39, 0.29) is 0 Å². The molecule has 114 valence electrons. The zero-order valence-electron chi connectivity index (χ0n) is 13.4. The maximum Gasteiger partial charge on any atom is 0.0316 e. The average molecular weight is 276 g/mol. The van der Waals surface area contributed by atoms with E-state index in [0.29, 0.717) is 0 Å². The molecule has 0 saturated carbocycles. The van der Waals surface area contributed by atoms with Crippen LogP contribution in [0.5, 0.6) is 0 Å². The molecule has 0 spiro atoms. The number of hydrogen-bond donors (Lipinski definition) is 1. The summed E-state index contributed by atoms with van der Waals surface area (Å²) in [5.74, 6) is 0. The van der Waals surface area contributed by atoms with Crippen LogP contribution < -0.4 is 5.73 Å². The second kappa shape index (κ2) is 10.7. The van der Waals surface area contributed by atoms with Gasteiger partial charge in [0, 0.05) is 5.69 Å². The van der Waals surface area contributed by atoms with Crippen molar-refractivity contribution in [2.75, 3.05) is 25.4 Å². The molecule has 0 atom stereocenters. The first-order valence-electron chi connectivity index (χ1n) is 8.33. The van der Waals surface area contributed by atoms with Gasteiger partial charge >= 0.3 is 0 Å². The van der Waals surface area contributed by atoms with Gasteiger partial charge in [-0.05, 0) is 63.0 Å². The summed E-state index contributed by atoms with van der Waals surface area (Å²) in [5.41, 5.74) is 8.08. The van der Waals surface area contributed by atoms with Crippen LogP contribution in [0.2, 0.25) is 0 Å². The number of aryl methyl sites for hydroxylation is 1. The molecule has 0 amide bonds. The molecule has 2 N–H and O–H groups in total. The number of nitrogens with two attached hydrogens (primary N) is 1. The lowest BCUT2D eigenvalue weighted by atomic mass is 10.1. The van der Waals surface area contributed by atoms with Gasteiger partial charge in [0.2, 0.25) is 0 Å². The fourth-order valence-corrected chi connectivity index (χ4v) is 2.56. The monoisotopic (exact) mass is 276 g/mol. The van der Waals surface area contributed by atoms with Crippen LogP contribution in [-0.4, -0.2) is 24.5 Å². The second-order valence-electron chi connectivity index (χ2n) is 5.75. The van der Waals surface area contributed by atoms with Gasteiger partial charge in [-0.3, -0.25) is 0 Å². The van der Waals surface area contributed by atoms with Crippen LogP contribution in [0.3, 0.4) is 0 Å². The highest BCUT2D eigenvalue weighted by molar-refractivity contribution is 5.40. The zero-order chi connectivity index (χ0) is 14.6. The van der Waals surface area contributed by atoms with Gasteiger partial charge in [0.1, 0.15) is 0 Å². The number of nitrogens with zero attached hydrogens (tertiary/aromatic N) is 1. The minimum absolute atomic E-state index is 0.883. The van der Waals surface area contributed by atoms with Crippen molar-refractivity contribution in [3.8, 4) is 0 Å². The van der Waals surface area contributed by atoms with Gasteiger partial charge in [-0.25, -0.2) is 0 Å². The maximum absolute atomic E-state index is 5.83. The van der Waals surface area contributed by atoms with E-state index >= 15 is 0 Å². The second-order valence-corrected chi connectivity index (χ2v) is 5.75. The largest absolute Gasteiger partial charge is 0.399 e. The SMILES string of the molecule is CCCCCN(CCCC)CCCc1cccc(N)c1. The summed E-state index contributed by atoms with van der Waals surface area (Å²) in [6.07, 6.45) is 9.01. The van der Waals surface area contributed by atoms with Crippen LogP contribution >= 0.6 is 0 Å². The predicted molar refractivity (Wildman–Crippen MR) is 90.0 cm³/mol. The molecule has 2 nitrogen and oxygen atoms in total. The topological polar surface area (TPSA) is 29.3 Å². The van der Waals surface area contributed by atoms with Gasteiger partial charge in [-0.15, -0.1) is 0 Å². The summed E-state index contributed by atoms with van der Waals surface area (Å²) in [5, 5.41) is 0. The van der Waals surface area contributed by atoms with Crippen molar-refractivity contribution in [3.63, 3.8) is 0 Å². The fourth-order valence-electron chi connectivity index (χ4n) is 2.56. The van der Waals surface area contributed by atoms with Crippen LogP contribution in [0, 0.1) is 0 Å². The first-order chi connectivity index (χ1) is 9.76. The molecule has 20 heavy (non-hydrogen) atoms. The van der Waals surface area contributed by atoms with Crippen LogP contribution in [0.4, 0.5) is 5.69 Å². The molecule has 0 aliphatic rings. The third-order valence-electron chi connectivity index (χ3n) is 3.80. The normalized spacial score (nSPS) is 11.2. The van der Waals surface area contributed by atoms with Gasteiger partial charge in [-0.2, -0.15) is 0 Å². The Labute approximate surface area is 125 Å². The molecule has 0 heterocycles. The minimum Gasteiger partial charge on any atom is -0.399 e. The highest BCUT2D eigenvalue weighted by Crippen LogP contribution is 2.10. The Morgan fingerprint density at radius 2 is 1.60 bits per heavy atom. The first-order valence-corrected chi connectivity index (χ1v) is 8.33. The number of rotatable bonds is 11.